The second-order valence-electron chi connectivity index (χ2n) is 7.03. The van der Waals surface area contributed by atoms with Gasteiger partial charge in [0.15, 0.2) is 0 Å². The van der Waals surface area contributed by atoms with Crippen LogP contribution in [0.2, 0.25) is 0 Å². The summed E-state index contributed by atoms with van der Waals surface area (Å²) < 4.78 is 32.1. The molecule has 10 heteroatoms. The summed E-state index contributed by atoms with van der Waals surface area (Å²) in [5.41, 5.74) is 5.33. The number of hydrogen-bond donors (Lipinski definition) is 1. The molecule has 2 heterocycles. The number of piperidine rings is 1. The minimum Gasteiger partial charge on any atom is -0.497 e. The number of primary amides is 1. The topological polar surface area (TPSA) is 113 Å². The van der Waals surface area contributed by atoms with Gasteiger partial charge in [0.1, 0.15) is 5.75 Å². The van der Waals surface area contributed by atoms with Gasteiger partial charge in [0.2, 0.25) is 15.9 Å². The Morgan fingerprint density at radius 2 is 1.68 bits per heavy atom. The smallest absolute Gasteiger partial charge is 0.314 e. The van der Waals surface area contributed by atoms with Gasteiger partial charge in [-0.15, -0.1) is 0 Å². The number of ether oxygens (including phenoxy) is 1. The molecule has 154 valence electrons. The lowest BCUT2D eigenvalue weighted by molar-refractivity contribution is -0.138. The number of nitrogens with zero attached hydrogens (tertiary/aromatic N) is 3. The Balaban J connectivity index is 1.60. The lowest BCUT2D eigenvalue weighted by Gasteiger charge is -2.38. The van der Waals surface area contributed by atoms with Crippen LogP contribution in [-0.2, 0) is 14.8 Å². The summed E-state index contributed by atoms with van der Waals surface area (Å²) in [5.74, 6) is 0.283. The van der Waals surface area contributed by atoms with Crippen molar-refractivity contribution in [3.05, 3.63) is 24.3 Å². The number of urea groups is 1. The Morgan fingerprint density at radius 3 is 2.25 bits per heavy atom. The first-order valence-corrected chi connectivity index (χ1v) is 10.7. The molecule has 2 N–H and O–H groups in total. The van der Waals surface area contributed by atoms with Crippen molar-refractivity contribution < 1.29 is 22.7 Å². The maximum atomic E-state index is 12.8. The number of rotatable bonds is 4. The number of amides is 3. The molecule has 3 rings (SSSR count). The van der Waals surface area contributed by atoms with Crippen molar-refractivity contribution in [2.45, 2.75) is 17.7 Å². The lowest BCUT2D eigenvalue weighted by atomic mass is 9.96. The number of nitrogens with two attached hydrogens (primary N) is 1. The summed E-state index contributed by atoms with van der Waals surface area (Å²) >= 11 is 0. The highest BCUT2D eigenvalue weighted by molar-refractivity contribution is 7.89. The number of carbonyl (C=O) groups is 2. The first-order chi connectivity index (χ1) is 13.3. The monoisotopic (exact) mass is 410 g/mol. The maximum absolute atomic E-state index is 12.8. The average molecular weight is 410 g/mol. The van der Waals surface area contributed by atoms with Crippen LogP contribution in [0.3, 0.4) is 0 Å². The molecule has 1 aromatic carbocycles. The van der Waals surface area contributed by atoms with Crippen LogP contribution in [0.5, 0.6) is 5.75 Å². The van der Waals surface area contributed by atoms with Crippen molar-refractivity contribution in [2.75, 3.05) is 46.4 Å². The van der Waals surface area contributed by atoms with Crippen LogP contribution in [0.25, 0.3) is 0 Å². The van der Waals surface area contributed by atoms with Crippen LogP contribution in [-0.4, -0.2) is 80.8 Å². The minimum atomic E-state index is -3.61. The summed E-state index contributed by atoms with van der Waals surface area (Å²) in [7, 11) is -2.09. The van der Waals surface area contributed by atoms with Gasteiger partial charge >= 0.3 is 6.03 Å². The molecule has 0 radical (unpaired) electrons. The van der Waals surface area contributed by atoms with Gasteiger partial charge < -0.3 is 20.3 Å². The van der Waals surface area contributed by atoms with Crippen molar-refractivity contribution in [2.24, 2.45) is 11.7 Å². The Bertz CT molecular complexity index is 819. The van der Waals surface area contributed by atoms with E-state index in [0.717, 1.165) is 6.42 Å². The van der Waals surface area contributed by atoms with Crippen molar-refractivity contribution in [3.63, 3.8) is 0 Å². The molecule has 3 amide bonds. The first-order valence-electron chi connectivity index (χ1n) is 9.30. The summed E-state index contributed by atoms with van der Waals surface area (Å²) in [6.07, 6.45) is 1.46. The molecule has 28 heavy (non-hydrogen) atoms. The van der Waals surface area contributed by atoms with Crippen LogP contribution in [0, 0.1) is 5.92 Å². The third-order valence-electron chi connectivity index (χ3n) is 5.33. The Hall–Kier alpha value is -2.33. The van der Waals surface area contributed by atoms with E-state index < -0.39 is 16.1 Å². The Kier molecular flexibility index (Phi) is 6.09. The van der Waals surface area contributed by atoms with E-state index in [9.17, 15) is 18.0 Å². The molecule has 2 fully saturated rings. The molecular formula is C18H26N4O5S. The molecule has 9 nitrogen and oxygen atoms in total. The largest absolute Gasteiger partial charge is 0.497 e. The summed E-state index contributed by atoms with van der Waals surface area (Å²) in [5, 5.41) is 0. The zero-order valence-corrected chi connectivity index (χ0v) is 16.7. The molecule has 0 aromatic heterocycles. The molecule has 0 spiro atoms. The van der Waals surface area contributed by atoms with Crippen LogP contribution in [0.4, 0.5) is 4.79 Å². The molecule has 1 atom stereocenters. The van der Waals surface area contributed by atoms with Gasteiger partial charge in [-0.3, -0.25) is 4.79 Å². The van der Waals surface area contributed by atoms with E-state index in [1.807, 2.05) is 0 Å². The van der Waals surface area contributed by atoms with E-state index >= 15 is 0 Å². The minimum absolute atomic E-state index is 0.0348. The van der Waals surface area contributed by atoms with E-state index in [2.05, 4.69) is 0 Å². The Morgan fingerprint density at radius 1 is 1.04 bits per heavy atom. The number of carbonyl (C=O) groups excluding carboxylic acids is 2. The van der Waals surface area contributed by atoms with E-state index in [1.165, 1.54) is 28.4 Å². The standard InChI is InChI=1S/C18H26N4O5S/c1-27-15-4-6-16(7-5-15)28(25,26)22-11-9-20(10-12-22)17(23)14-3-2-8-21(13-14)18(19)24/h4-7,14H,2-3,8-13H2,1H3,(H2,19,24)/t14-/m1/s1. The Labute approximate surface area is 165 Å². The predicted molar refractivity (Wildman–Crippen MR) is 102 cm³/mol. The van der Waals surface area contributed by atoms with Crippen LogP contribution >= 0.6 is 0 Å². The van der Waals surface area contributed by atoms with Gasteiger partial charge in [-0.1, -0.05) is 0 Å². The second kappa shape index (κ2) is 8.36. The van der Waals surface area contributed by atoms with Gasteiger partial charge in [0, 0.05) is 39.3 Å². The van der Waals surface area contributed by atoms with Crippen molar-refractivity contribution in [1.29, 1.82) is 0 Å². The molecule has 0 unspecified atom stereocenters. The average Bonchev–Trinajstić information content (AvgIpc) is 2.73. The van der Waals surface area contributed by atoms with E-state index in [1.54, 1.807) is 17.0 Å². The summed E-state index contributed by atoms with van der Waals surface area (Å²) in [6.45, 7) is 2.06. The third-order valence-corrected chi connectivity index (χ3v) is 7.24. The molecule has 0 bridgehead atoms. The van der Waals surface area contributed by atoms with Gasteiger partial charge in [-0.2, -0.15) is 4.31 Å². The number of hydrogen-bond acceptors (Lipinski definition) is 5. The zero-order chi connectivity index (χ0) is 20.3. The van der Waals surface area contributed by atoms with Gasteiger partial charge in [-0.05, 0) is 37.1 Å². The third kappa shape index (κ3) is 4.22. The van der Waals surface area contributed by atoms with Crippen LogP contribution in [0.1, 0.15) is 12.8 Å². The SMILES string of the molecule is COc1ccc(S(=O)(=O)N2CCN(C(=O)[C@@H]3CCCN(C(N)=O)C3)CC2)cc1. The fourth-order valence-electron chi connectivity index (χ4n) is 3.68. The summed E-state index contributed by atoms with van der Waals surface area (Å²) in [6, 6.07) is 5.76. The van der Waals surface area contributed by atoms with Gasteiger partial charge in [0.25, 0.3) is 0 Å². The molecule has 0 aliphatic carbocycles. The normalized spacial score (nSPS) is 21.4. The fraction of sp³-hybridized carbons (Fsp3) is 0.556. The van der Waals surface area contributed by atoms with Crippen molar-refractivity contribution >= 4 is 22.0 Å². The zero-order valence-electron chi connectivity index (χ0n) is 15.9. The van der Waals surface area contributed by atoms with E-state index in [-0.39, 0.29) is 29.8 Å². The highest BCUT2D eigenvalue weighted by Crippen LogP contribution is 2.23. The van der Waals surface area contributed by atoms with Crippen molar-refractivity contribution in [3.8, 4) is 5.75 Å². The number of methoxy groups -OCH3 is 1. The number of piperazine rings is 1. The first kappa shape index (κ1) is 20.4. The predicted octanol–water partition coefficient (Wildman–Crippen LogP) is 0.319. The molecule has 2 saturated heterocycles. The fourth-order valence-corrected chi connectivity index (χ4v) is 5.10. The molecular weight excluding hydrogens is 384 g/mol. The summed E-state index contributed by atoms with van der Waals surface area (Å²) in [4.78, 5) is 27.5. The van der Waals surface area contributed by atoms with Gasteiger partial charge in [0.05, 0.1) is 17.9 Å². The van der Waals surface area contributed by atoms with E-state index in [0.29, 0.717) is 38.3 Å². The number of likely N-dealkylation sites (tertiary alicyclic amines) is 1. The number of benzene rings is 1. The highest BCUT2D eigenvalue weighted by Gasteiger charge is 2.34. The quantitative estimate of drug-likeness (QED) is 0.768. The van der Waals surface area contributed by atoms with Crippen LogP contribution < -0.4 is 10.5 Å². The highest BCUT2D eigenvalue weighted by atomic mass is 32.2. The molecule has 1 aromatic rings. The van der Waals surface area contributed by atoms with E-state index in [4.69, 9.17) is 10.5 Å². The second-order valence-corrected chi connectivity index (χ2v) is 8.97. The molecule has 0 saturated carbocycles. The van der Waals surface area contributed by atoms with Crippen molar-refractivity contribution in [1.82, 2.24) is 14.1 Å². The number of sulfonamides is 1. The van der Waals surface area contributed by atoms with Crippen LogP contribution in [0.15, 0.2) is 29.2 Å². The lowest BCUT2D eigenvalue weighted by Crippen LogP contribution is -2.54. The van der Waals surface area contributed by atoms with Gasteiger partial charge in [-0.25, -0.2) is 13.2 Å². The molecule has 2 aliphatic heterocycles. The maximum Gasteiger partial charge on any atom is 0.314 e. The molecule has 2 aliphatic rings.